The van der Waals surface area contributed by atoms with E-state index in [0.717, 1.165) is 42.5 Å². The third-order valence-electron chi connectivity index (χ3n) is 4.80. The molecule has 1 fully saturated rings. The first kappa shape index (κ1) is 18.6. The van der Waals surface area contributed by atoms with Gasteiger partial charge >= 0.3 is 5.97 Å². The van der Waals surface area contributed by atoms with Crippen molar-refractivity contribution in [3.8, 4) is 5.75 Å². The molecule has 0 unspecified atom stereocenters. The van der Waals surface area contributed by atoms with Crippen LogP contribution in [0.1, 0.15) is 41.6 Å². The van der Waals surface area contributed by atoms with E-state index in [0.29, 0.717) is 22.6 Å². The van der Waals surface area contributed by atoms with Crippen LogP contribution < -0.4 is 4.74 Å². The maximum atomic E-state index is 12.7. The minimum absolute atomic E-state index is 0.0778. The lowest BCUT2D eigenvalue weighted by Crippen LogP contribution is -2.31. The molecule has 1 saturated heterocycles. The quantitative estimate of drug-likeness (QED) is 0.391. The number of ether oxygens (including phenoxy) is 1. The number of para-hydroxylation sites is 1. The molecule has 1 amide bonds. The second-order valence-corrected chi connectivity index (χ2v) is 7.67. The van der Waals surface area contributed by atoms with Crippen LogP contribution in [0.3, 0.4) is 0 Å². The number of hydrogen-bond acceptors (Lipinski definition) is 4. The lowest BCUT2D eigenvalue weighted by molar-refractivity contribution is -0.122. The summed E-state index contributed by atoms with van der Waals surface area (Å²) >= 11 is 3.35. The van der Waals surface area contributed by atoms with Crippen LogP contribution in [0, 0.1) is 0 Å². The summed E-state index contributed by atoms with van der Waals surface area (Å²) in [5.41, 5.74) is 1.50. The summed E-state index contributed by atoms with van der Waals surface area (Å²) in [6, 6.07) is 14.1. The molecule has 2 heterocycles. The van der Waals surface area contributed by atoms with Gasteiger partial charge < -0.3 is 4.74 Å². The highest BCUT2D eigenvalue weighted by atomic mass is 79.9. The van der Waals surface area contributed by atoms with E-state index in [-0.39, 0.29) is 5.91 Å². The van der Waals surface area contributed by atoms with Gasteiger partial charge in [0.2, 0.25) is 0 Å². The molecule has 142 valence electrons. The molecular weight excluding hydrogens is 420 g/mol. The molecule has 0 atom stereocenters. The first-order chi connectivity index (χ1) is 13.6. The Morgan fingerprint density at radius 2 is 1.86 bits per heavy atom. The fourth-order valence-electron chi connectivity index (χ4n) is 3.33. The van der Waals surface area contributed by atoms with Gasteiger partial charge in [-0.05, 0) is 49.2 Å². The molecule has 0 bridgehead atoms. The van der Waals surface area contributed by atoms with Gasteiger partial charge in [0, 0.05) is 23.0 Å². The van der Waals surface area contributed by atoms with Gasteiger partial charge in [-0.3, -0.25) is 9.69 Å². The summed E-state index contributed by atoms with van der Waals surface area (Å²) < 4.78 is 6.47. The number of esters is 1. The van der Waals surface area contributed by atoms with E-state index >= 15 is 0 Å². The van der Waals surface area contributed by atoms with Crippen LogP contribution in [0.15, 0.2) is 63.7 Å². The average molecular weight is 439 g/mol. The molecule has 5 nitrogen and oxygen atoms in total. The van der Waals surface area contributed by atoms with Gasteiger partial charge in [-0.2, -0.15) is 0 Å². The molecule has 0 aromatic heterocycles. The Balaban J connectivity index is 1.60. The van der Waals surface area contributed by atoms with Crippen molar-refractivity contribution in [2.24, 2.45) is 4.99 Å². The number of halogens is 1. The molecule has 0 radical (unpaired) electrons. The maximum Gasteiger partial charge on any atom is 0.343 e. The van der Waals surface area contributed by atoms with Crippen LogP contribution in [-0.4, -0.2) is 29.2 Å². The molecule has 0 aliphatic carbocycles. The van der Waals surface area contributed by atoms with Crippen LogP contribution in [0.25, 0.3) is 6.08 Å². The van der Waals surface area contributed by atoms with Crippen molar-refractivity contribution in [1.82, 2.24) is 4.90 Å². The van der Waals surface area contributed by atoms with Crippen molar-refractivity contribution >= 4 is 39.7 Å². The molecule has 4 rings (SSSR count). The molecule has 0 spiro atoms. The minimum atomic E-state index is -0.448. The van der Waals surface area contributed by atoms with Gasteiger partial charge in [0.25, 0.3) is 5.91 Å². The number of fused-ring (bicyclic) bond motifs is 1. The highest BCUT2D eigenvalue weighted by Gasteiger charge is 2.30. The second kappa shape index (κ2) is 8.10. The third-order valence-corrected chi connectivity index (χ3v) is 5.33. The van der Waals surface area contributed by atoms with Gasteiger partial charge in [-0.25, -0.2) is 9.79 Å². The monoisotopic (exact) mass is 438 g/mol. The summed E-state index contributed by atoms with van der Waals surface area (Å²) in [5.74, 6) is 0.721. The number of nitrogens with zero attached hydrogens (tertiary/aromatic N) is 2. The Morgan fingerprint density at radius 3 is 2.68 bits per heavy atom. The van der Waals surface area contributed by atoms with Gasteiger partial charge in [-0.1, -0.05) is 40.5 Å². The van der Waals surface area contributed by atoms with Crippen molar-refractivity contribution in [3.63, 3.8) is 0 Å². The van der Waals surface area contributed by atoms with Crippen molar-refractivity contribution in [1.29, 1.82) is 0 Å². The Labute approximate surface area is 171 Å². The van der Waals surface area contributed by atoms with E-state index in [1.54, 1.807) is 47.4 Å². The molecule has 2 aliphatic heterocycles. The molecule has 28 heavy (non-hydrogen) atoms. The molecule has 2 aromatic rings. The minimum Gasteiger partial charge on any atom is -0.422 e. The summed E-state index contributed by atoms with van der Waals surface area (Å²) in [4.78, 5) is 31.5. The van der Waals surface area contributed by atoms with Crippen molar-refractivity contribution in [2.45, 2.75) is 25.7 Å². The lowest BCUT2D eigenvalue weighted by Gasteiger charge is -2.14. The molecule has 0 saturated carbocycles. The zero-order chi connectivity index (χ0) is 19.5. The van der Waals surface area contributed by atoms with Crippen LogP contribution >= 0.6 is 15.9 Å². The fraction of sp³-hybridized carbons (Fsp3) is 0.227. The molecular formula is C22H19BrN2O3. The Bertz CT molecular complexity index is 980. The van der Waals surface area contributed by atoms with Crippen LogP contribution in [0.5, 0.6) is 5.75 Å². The zero-order valence-electron chi connectivity index (χ0n) is 15.2. The Hall–Kier alpha value is -2.73. The summed E-state index contributed by atoms with van der Waals surface area (Å²) in [5, 5.41) is 0. The molecule has 0 N–H and O–H groups in total. The van der Waals surface area contributed by atoms with Gasteiger partial charge in [-0.15, -0.1) is 0 Å². The first-order valence-electron chi connectivity index (χ1n) is 9.30. The number of amides is 1. The lowest BCUT2D eigenvalue weighted by atomic mass is 10.1. The number of benzene rings is 2. The van der Waals surface area contributed by atoms with Crippen molar-refractivity contribution in [2.75, 3.05) is 6.54 Å². The molecule has 6 heteroatoms. The van der Waals surface area contributed by atoms with Crippen LogP contribution in [-0.2, 0) is 4.79 Å². The van der Waals surface area contributed by atoms with Crippen LogP contribution in [0.4, 0.5) is 0 Å². The predicted molar refractivity (Wildman–Crippen MR) is 111 cm³/mol. The number of rotatable bonds is 3. The van der Waals surface area contributed by atoms with E-state index in [9.17, 15) is 9.59 Å². The van der Waals surface area contributed by atoms with Crippen LogP contribution in [0.2, 0.25) is 0 Å². The van der Waals surface area contributed by atoms with E-state index in [2.05, 4.69) is 20.9 Å². The predicted octanol–water partition coefficient (Wildman–Crippen LogP) is 4.82. The summed E-state index contributed by atoms with van der Waals surface area (Å²) in [6.45, 7) is 0.717. The fourth-order valence-corrected chi connectivity index (χ4v) is 3.60. The maximum absolute atomic E-state index is 12.7. The SMILES string of the molecule is O=C(Oc1ccccc1/C=C1\N=C2CCCCCN2C1=O)c1ccc(Br)cc1. The first-order valence-corrected chi connectivity index (χ1v) is 10.1. The number of carbonyl (C=O) groups is 2. The van der Waals surface area contributed by atoms with Gasteiger partial charge in [0.1, 0.15) is 17.3 Å². The molecule has 2 aliphatic rings. The van der Waals surface area contributed by atoms with Crippen molar-refractivity contribution < 1.29 is 14.3 Å². The highest BCUT2D eigenvalue weighted by molar-refractivity contribution is 9.10. The second-order valence-electron chi connectivity index (χ2n) is 6.76. The van der Waals surface area contributed by atoms with Gasteiger partial charge in [0.15, 0.2) is 0 Å². The number of amidine groups is 1. The topological polar surface area (TPSA) is 59.0 Å². The summed E-state index contributed by atoms with van der Waals surface area (Å²) in [7, 11) is 0. The average Bonchev–Trinajstić information content (AvgIpc) is 2.85. The zero-order valence-corrected chi connectivity index (χ0v) is 16.8. The highest BCUT2D eigenvalue weighted by Crippen LogP contribution is 2.27. The number of carbonyl (C=O) groups excluding carboxylic acids is 2. The Morgan fingerprint density at radius 1 is 1.07 bits per heavy atom. The van der Waals surface area contributed by atoms with E-state index in [1.807, 2.05) is 12.1 Å². The smallest absolute Gasteiger partial charge is 0.343 e. The van der Waals surface area contributed by atoms with E-state index in [1.165, 1.54) is 0 Å². The van der Waals surface area contributed by atoms with E-state index in [4.69, 9.17) is 4.74 Å². The normalized spacial score (nSPS) is 17.9. The Kier molecular flexibility index (Phi) is 5.39. The largest absolute Gasteiger partial charge is 0.422 e. The number of hydrogen-bond donors (Lipinski definition) is 0. The number of aliphatic imine (C=N–C) groups is 1. The third kappa shape index (κ3) is 3.92. The van der Waals surface area contributed by atoms with E-state index < -0.39 is 5.97 Å². The molecule has 2 aromatic carbocycles. The standard InChI is InChI=1S/C22H19BrN2O3/c23-17-11-9-15(10-12-17)22(27)28-19-7-4-3-6-16(19)14-18-21(26)25-13-5-1-2-8-20(25)24-18/h3-4,6-7,9-12,14H,1-2,5,8,13H2/b18-14-. The summed E-state index contributed by atoms with van der Waals surface area (Å²) in [6.07, 6.45) is 5.70. The van der Waals surface area contributed by atoms with Crippen molar-refractivity contribution in [3.05, 3.63) is 69.8 Å². The van der Waals surface area contributed by atoms with Gasteiger partial charge in [0.05, 0.1) is 5.56 Å².